The SMILES string of the molecule is CCCSP(N)(N)=S. The van der Waals surface area contributed by atoms with Crippen molar-refractivity contribution in [3.63, 3.8) is 0 Å². The van der Waals surface area contributed by atoms with Crippen molar-refractivity contribution in [1.29, 1.82) is 0 Å². The highest BCUT2D eigenvalue weighted by Gasteiger charge is 1.99. The van der Waals surface area contributed by atoms with Crippen molar-refractivity contribution in [1.82, 2.24) is 0 Å². The van der Waals surface area contributed by atoms with Crippen LogP contribution in [-0.2, 0) is 11.8 Å². The molecule has 0 aromatic rings. The average molecular weight is 170 g/mol. The molecule has 0 amide bonds. The van der Waals surface area contributed by atoms with Gasteiger partial charge in [-0.15, -0.1) is 0 Å². The Morgan fingerprint density at radius 2 is 2.12 bits per heavy atom. The van der Waals surface area contributed by atoms with Gasteiger partial charge in [0.15, 0.2) is 0 Å². The van der Waals surface area contributed by atoms with Crippen LogP contribution >= 0.6 is 16.9 Å². The van der Waals surface area contributed by atoms with Crippen LogP contribution in [0.15, 0.2) is 0 Å². The van der Waals surface area contributed by atoms with Gasteiger partial charge < -0.3 is 0 Å². The molecule has 8 heavy (non-hydrogen) atoms. The number of hydrogen-bond donors (Lipinski definition) is 2. The maximum absolute atomic E-state index is 5.39. The first-order chi connectivity index (χ1) is 3.56. The summed E-state index contributed by atoms with van der Waals surface area (Å²) in [6.07, 6.45) is 1.09. The molecule has 4 N–H and O–H groups in total. The summed E-state index contributed by atoms with van der Waals surface area (Å²) < 4.78 is 0. The lowest BCUT2D eigenvalue weighted by molar-refractivity contribution is 1.11. The van der Waals surface area contributed by atoms with Crippen LogP contribution in [0.4, 0.5) is 0 Å². The van der Waals surface area contributed by atoms with Crippen molar-refractivity contribution in [3.8, 4) is 0 Å². The molecule has 0 aliphatic rings. The first kappa shape index (κ1) is 8.92. The number of hydrogen-bond acceptors (Lipinski definition) is 2. The molecule has 0 unspecified atom stereocenters. The molecule has 0 aliphatic heterocycles. The van der Waals surface area contributed by atoms with Crippen molar-refractivity contribution in [3.05, 3.63) is 0 Å². The maximum atomic E-state index is 5.39. The van der Waals surface area contributed by atoms with E-state index in [1.807, 2.05) is 0 Å². The van der Waals surface area contributed by atoms with Crippen molar-refractivity contribution < 1.29 is 0 Å². The van der Waals surface area contributed by atoms with Crippen molar-refractivity contribution in [2.75, 3.05) is 5.75 Å². The van der Waals surface area contributed by atoms with E-state index in [0.29, 0.717) is 0 Å². The molecule has 0 aromatic heterocycles. The summed E-state index contributed by atoms with van der Waals surface area (Å²) in [5, 5.41) is 0. The van der Waals surface area contributed by atoms with Crippen LogP contribution in [0.1, 0.15) is 13.3 Å². The van der Waals surface area contributed by atoms with Gasteiger partial charge in [-0.25, -0.2) is 0 Å². The molecule has 0 radical (unpaired) electrons. The Kier molecular flexibility index (Phi) is 4.30. The van der Waals surface area contributed by atoms with Crippen LogP contribution in [0.3, 0.4) is 0 Å². The van der Waals surface area contributed by atoms with Crippen LogP contribution in [0.5, 0.6) is 0 Å². The highest BCUT2D eigenvalue weighted by Crippen LogP contribution is 2.42. The van der Waals surface area contributed by atoms with Gasteiger partial charge in [0.05, 0.1) is 0 Å². The van der Waals surface area contributed by atoms with E-state index in [2.05, 4.69) is 6.92 Å². The van der Waals surface area contributed by atoms with E-state index < -0.39 is 5.54 Å². The molecule has 0 saturated carbocycles. The maximum Gasteiger partial charge on any atom is 0.122 e. The topological polar surface area (TPSA) is 52.0 Å². The van der Waals surface area contributed by atoms with Gasteiger partial charge in [0.1, 0.15) is 5.54 Å². The van der Waals surface area contributed by atoms with Gasteiger partial charge in [-0.05, 0) is 6.42 Å². The molecule has 0 aliphatic carbocycles. The summed E-state index contributed by atoms with van der Waals surface area (Å²) in [5.74, 6) is 0.990. The minimum Gasteiger partial charge on any atom is -0.283 e. The second-order valence-electron chi connectivity index (χ2n) is 1.48. The lowest BCUT2D eigenvalue weighted by atomic mass is 10.6. The Labute approximate surface area is 59.3 Å². The Hall–Kier alpha value is 0.920. The summed E-state index contributed by atoms with van der Waals surface area (Å²) in [7, 11) is 0. The number of rotatable bonds is 3. The van der Waals surface area contributed by atoms with Gasteiger partial charge in [-0.3, -0.25) is 11.0 Å². The third-order valence-corrected chi connectivity index (χ3v) is 4.20. The Morgan fingerprint density at radius 1 is 1.62 bits per heavy atom. The third-order valence-electron chi connectivity index (χ3n) is 0.497. The summed E-state index contributed by atoms with van der Waals surface area (Å²) >= 11 is 6.30. The van der Waals surface area contributed by atoms with E-state index in [1.54, 1.807) is 0 Å². The second-order valence-corrected chi connectivity index (χ2v) is 8.53. The van der Waals surface area contributed by atoms with Gasteiger partial charge in [-0.1, -0.05) is 30.1 Å². The minimum absolute atomic E-state index is 0.990. The lowest BCUT2D eigenvalue weighted by Gasteiger charge is -2.06. The molecule has 0 rings (SSSR count). The molecule has 50 valence electrons. The molecule has 0 heterocycles. The molecular weight excluding hydrogens is 159 g/mol. The first-order valence-corrected chi connectivity index (χ1v) is 6.91. The normalized spacial score (nSPS) is 11.9. The molecule has 0 spiro atoms. The van der Waals surface area contributed by atoms with Crippen LogP contribution in [0, 0.1) is 0 Å². The van der Waals surface area contributed by atoms with E-state index in [0.717, 1.165) is 12.2 Å². The fourth-order valence-electron chi connectivity index (χ4n) is 0.234. The summed E-state index contributed by atoms with van der Waals surface area (Å²) in [4.78, 5) is 0. The zero-order valence-corrected chi connectivity index (χ0v) is 7.36. The summed E-state index contributed by atoms with van der Waals surface area (Å²) in [6, 6.07) is 0. The quantitative estimate of drug-likeness (QED) is 0.626. The fourth-order valence-corrected chi connectivity index (χ4v) is 2.78. The van der Waals surface area contributed by atoms with Crippen LogP contribution in [0.25, 0.3) is 0 Å². The van der Waals surface area contributed by atoms with Crippen molar-refractivity contribution in [2.24, 2.45) is 11.0 Å². The smallest absolute Gasteiger partial charge is 0.122 e. The van der Waals surface area contributed by atoms with Gasteiger partial charge in [-0.2, -0.15) is 0 Å². The predicted octanol–water partition coefficient (Wildman–Crippen LogP) is 1.27. The molecule has 0 atom stereocenters. The monoisotopic (exact) mass is 170 g/mol. The van der Waals surface area contributed by atoms with Crippen LogP contribution in [-0.4, -0.2) is 5.75 Å². The van der Waals surface area contributed by atoms with Crippen molar-refractivity contribution >= 4 is 28.7 Å². The molecule has 0 aromatic carbocycles. The average Bonchev–Trinajstić information content (AvgIpc) is 1.59. The highest BCUT2D eigenvalue weighted by atomic mass is 32.9. The van der Waals surface area contributed by atoms with Gasteiger partial charge in [0.25, 0.3) is 0 Å². The molecule has 2 nitrogen and oxygen atoms in total. The Balaban J connectivity index is 3.26. The first-order valence-electron chi connectivity index (χ1n) is 2.38. The molecule has 0 fully saturated rings. The van der Waals surface area contributed by atoms with E-state index in [4.69, 9.17) is 22.8 Å². The highest BCUT2D eigenvalue weighted by molar-refractivity contribution is 8.69. The van der Waals surface area contributed by atoms with E-state index in [1.165, 1.54) is 11.4 Å². The molecule has 0 bridgehead atoms. The zero-order valence-electron chi connectivity index (χ0n) is 4.83. The Morgan fingerprint density at radius 3 is 2.25 bits per heavy atom. The minimum atomic E-state index is -1.93. The largest absolute Gasteiger partial charge is 0.283 e. The zero-order chi connectivity index (χ0) is 6.62. The van der Waals surface area contributed by atoms with E-state index in [9.17, 15) is 0 Å². The van der Waals surface area contributed by atoms with Gasteiger partial charge in [0, 0.05) is 5.75 Å². The van der Waals surface area contributed by atoms with E-state index >= 15 is 0 Å². The lowest BCUT2D eigenvalue weighted by Crippen LogP contribution is -1.99. The van der Waals surface area contributed by atoms with Crippen LogP contribution < -0.4 is 11.0 Å². The molecule has 5 heteroatoms. The third kappa shape index (κ3) is 6.92. The summed E-state index contributed by atoms with van der Waals surface area (Å²) in [5.41, 5.74) is 8.84. The van der Waals surface area contributed by atoms with Crippen molar-refractivity contribution in [2.45, 2.75) is 13.3 Å². The second kappa shape index (κ2) is 3.85. The summed E-state index contributed by atoms with van der Waals surface area (Å²) in [6.45, 7) is 2.08. The molecular formula is C3H11N2PS2. The fraction of sp³-hybridized carbons (Fsp3) is 1.00. The van der Waals surface area contributed by atoms with Crippen LogP contribution in [0.2, 0.25) is 0 Å². The van der Waals surface area contributed by atoms with E-state index in [-0.39, 0.29) is 0 Å². The number of nitrogens with two attached hydrogens (primary N) is 2. The van der Waals surface area contributed by atoms with Gasteiger partial charge in [0.2, 0.25) is 0 Å². The molecule has 0 saturated heterocycles. The predicted molar refractivity (Wildman–Crippen MR) is 45.4 cm³/mol. The van der Waals surface area contributed by atoms with Gasteiger partial charge >= 0.3 is 0 Å². The standard InChI is InChI=1S/C3H11N2PS2/c1-2-3-8-6(4,5)7/h2-3H2,1H3,(H4,4,5,7). The Bertz CT molecular complexity index is 99.5.